The molecule has 0 bridgehead atoms. The molecule has 0 unspecified atom stereocenters. The summed E-state index contributed by atoms with van der Waals surface area (Å²) in [5.74, 6) is -0.350. The quantitative estimate of drug-likeness (QED) is 0.764. The molecule has 6 heteroatoms. The zero-order valence-electron chi connectivity index (χ0n) is 11.3. The van der Waals surface area contributed by atoms with Crippen molar-refractivity contribution in [2.24, 2.45) is 0 Å². The summed E-state index contributed by atoms with van der Waals surface area (Å²) >= 11 is 1.36. The summed E-state index contributed by atoms with van der Waals surface area (Å²) in [6.07, 6.45) is 0.195. The van der Waals surface area contributed by atoms with E-state index in [1.54, 1.807) is 36.4 Å². The molecule has 0 aliphatic rings. The van der Waals surface area contributed by atoms with Crippen LogP contribution >= 0.6 is 11.3 Å². The Morgan fingerprint density at radius 3 is 2.76 bits per heavy atom. The molecule has 0 saturated heterocycles. The average molecular weight is 304 g/mol. The number of rotatable bonds is 6. The number of thiophene rings is 1. The summed E-state index contributed by atoms with van der Waals surface area (Å²) in [4.78, 5) is 24.1. The molecule has 21 heavy (non-hydrogen) atoms. The van der Waals surface area contributed by atoms with E-state index in [1.807, 2.05) is 5.38 Å². The maximum Gasteiger partial charge on any atom is 0.261 e. The van der Waals surface area contributed by atoms with Gasteiger partial charge in [-0.2, -0.15) is 0 Å². The highest BCUT2D eigenvalue weighted by molar-refractivity contribution is 7.12. The first-order valence-corrected chi connectivity index (χ1v) is 7.38. The van der Waals surface area contributed by atoms with Crippen LogP contribution in [-0.4, -0.2) is 23.5 Å². The van der Waals surface area contributed by atoms with Crippen LogP contribution in [0.5, 0.6) is 0 Å². The number of benzene rings is 1. The molecule has 0 radical (unpaired) electrons. The lowest BCUT2D eigenvalue weighted by atomic mass is 10.2. The van der Waals surface area contributed by atoms with Gasteiger partial charge in [0.1, 0.15) is 0 Å². The molecule has 5 nitrogen and oxygen atoms in total. The Labute approximate surface area is 126 Å². The molecule has 2 aromatic rings. The van der Waals surface area contributed by atoms with Gasteiger partial charge in [-0.15, -0.1) is 11.3 Å². The number of aliphatic hydroxyl groups excluding tert-OH is 1. The van der Waals surface area contributed by atoms with Crippen molar-refractivity contribution >= 4 is 28.8 Å². The highest BCUT2D eigenvalue weighted by Crippen LogP contribution is 2.11. The van der Waals surface area contributed by atoms with Crippen molar-refractivity contribution in [2.45, 2.75) is 13.0 Å². The van der Waals surface area contributed by atoms with Crippen LogP contribution in [0.1, 0.15) is 21.7 Å². The van der Waals surface area contributed by atoms with Crippen LogP contribution in [0.3, 0.4) is 0 Å². The summed E-state index contributed by atoms with van der Waals surface area (Å²) in [5, 5.41) is 16.3. The van der Waals surface area contributed by atoms with Gasteiger partial charge in [-0.05, 0) is 29.1 Å². The Hall–Kier alpha value is -2.18. The fourth-order valence-corrected chi connectivity index (χ4v) is 2.40. The Morgan fingerprint density at radius 2 is 2.05 bits per heavy atom. The summed E-state index contributed by atoms with van der Waals surface area (Å²) in [5.41, 5.74) is 1.37. The van der Waals surface area contributed by atoms with Crippen molar-refractivity contribution in [3.63, 3.8) is 0 Å². The Balaban J connectivity index is 1.76. The molecule has 1 aromatic carbocycles. The van der Waals surface area contributed by atoms with Crippen LogP contribution in [-0.2, 0) is 11.4 Å². The molecule has 0 saturated carbocycles. The van der Waals surface area contributed by atoms with E-state index in [9.17, 15) is 9.59 Å². The fourth-order valence-electron chi connectivity index (χ4n) is 1.76. The van der Waals surface area contributed by atoms with E-state index in [4.69, 9.17) is 5.11 Å². The smallest absolute Gasteiger partial charge is 0.261 e. The van der Waals surface area contributed by atoms with E-state index in [2.05, 4.69) is 10.6 Å². The maximum absolute atomic E-state index is 11.8. The summed E-state index contributed by atoms with van der Waals surface area (Å²) in [7, 11) is 0. The van der Waals surface area contributed by atoms with Gasteiger partial charge in [0.05, 0.1) is 11.5 Å². The van der Waals surface area contributed by atoms with Crippen molar-refractivity contribution in [1.82, 2.24) is 5.32 Å². The van der Waals surface area contributed by atoms with Crippen LogP contribution in [0.2, 0.25) is 0 Å². The van der Waals surface area contributed by atoms with E-state index in [1.165, 1.54) is 11.3 Å². The molecule has 2 amide bonds. The Morgan fingerprint density at radius 1 is 1.19 bits per heavy atom. The van der Waals surface area contributed by atoms with Crippen molar-refractivity contribution < 1.29 is 14.7 Å². The number of aliphatic hydroxyl groups is 1. The number of hydrogen-bond donors (Lipinski definition) is 3. The maximum atomic E-state index is 11.8. The fraction of sp³-hybridized carbons (Fsp3) is 0.200. The zero-order chi connectivity index (χ0) is 15.1. The van der Waals surface area contributed by atoms with Crippen molar-refractivity contribution in [3.8, 4) is 0 Å². The minimum absolute atomic E-state index is 0.0689. The van der Waals surface area contributed by atoms with Gasteiger partial charge in [0.15, 0.2) is 0 Å². The first-order chi connectivity index (χ1) is 10.2. The van der Waals surface area contributed by atoms with Crippen molar-refractivity contribution in [1.29, 1.82) is 0 Å². The SMILES string of the molecule is O=C(CCNC(=O)c1cccs1)Nc1cccc(CO)c1. The molecule has 2 rings (SSSR count). The predicted octanol–water partition coefficient (Wildman–Crippen LogP) is 2.00. The van der Waals surface area contributed by atoms with Crippen LogP contribution in [0, 0.1) is 0 Å². The third-order valence-electron chi connectivity index (χ3n) is 2.78. The van der Waals surface area contributed by atoms with Gasteiger partial charge in [-0.1, -0.05) is 18.2 Å². The number of hydrogen-bond acceptors (Lipinski definition) is 4. The lowest BCUT2D eigenvalue weighted by molar-refractivity contribution is -0.116. The van der Waals surface area contributed by atoms with E-state index in [0.717, 1.165) is 5.56 Å². The van der Waals surface area contributed by atoms with Gasteiger partial charge < -0.3 is 15.7 Å². The van der Waals surface area contributed by atoms with Gasteiger partial charge in [0.25, 0.3) is 5.91 Å². The largest absolute Gasteiger partial charge is 0.392 e. The van der Waals surface area contributed by atoms with E-state index in [0.29, 0.717) is 10.6 Å². The minimum atomic E-state index is -0.184. The highest BCUT2D eigenvalue weighted by atomic mass is 32.1. The predicted molar refractivity (Wildman–Crippen MR) is 82.3 cm³/mol. The molecule has 1 aromatic heterocycles. The van der Waals surface area contributed by atoms with Gasteiger partial charge in [-0.25, -0.2) is 0 Å². The average Bonchev–Trinajstić information content (AvgIpc) is 3.01. The summed E-state index contributed by atoms with van der Waals surface area (Å²) in [6, 6.07) is 10.5. The number of nitrogens with one attached hydrogen (secondary N) is 2. The number of amides is 2. The third-order valence-corrected chi connectivity index (χ3v) is 3.64. The molecule has 0 aliphatic carbocycles. The third kappa shape index (κ3) is 4.70. The van der Waals surface area contributed by atoms with Gasteiger partial charge in [-0.3, -0.25) is 9.59 Å². The second kappa shape index (κ2) is 7.56. The first kappa shape index (κ1) is 15.2. The summed E-state index contributed by atoms with van der Waals surface area (Å²) < 4.78 is 0. The van der Waals surface area contributed by atoms with Crippen LogP contribution < -0.4 is 10.6 Å². The molecule has 0 atom stereocenters. The molecule has 3 N–H and O–H groups in total. The van der Waals surface area contributed by atoms with Crippen LogP contribution in [0.25, 0.3) is 0 Å². The van der Waals surface area contributed by atoms with Crippen molar-refractivity contribution in [3.05, 3.63) is 52.2 Å². The second-order valence-electron chi connectivity index (χ2n) is 4.39. The summed E-state index contributed by atoms with van der Waals surface area (Å²) in [6.45, 7) is 0.211. The lowest BCUT2D eigenvalue weighted by Gasteiger charge is -2.07. The Kier molecular flexibility index (Phi) is 5.48. The molecular formula is C15H16N2O3S. The highest BCUT2D eigenvalue weighted by Gasteiger charge is 2.07. The monoisotopic (exact) mass is 304 g/mol. The molecule has 0 fully saturated rings. The topological polar surface area (TPSA) is 78.4 Å². The van der Waals surface area contributed by atoms with Gasteiger partial charge in [0, 0.05) is 18.7 Å². The molecule has 1 heterocycles. The molecule has 0 spiro atoms. The molecule has 110 valence electrons. The van der Waals surface area contributed by atoms with E-state index < -0.39 is 0 Å². The lowest BCUT2D eigenvalue weighted by Crippen LogP contribution is -2.27. The van der Waals surface area contributed by atoms with Crippen molar-refractivity contribution in [2.75, 3.05) is 11.9 Å². The van der Waals surface area contributed by atoms with Crippen LogP contribution in [0.4, 0.5) is 5.69 Å². The standard InChI is InChI=1S/C15H16N2O3S/c18-10-11-3-1-4-12(9-11)17-14(19)6-7-16-15(20)13-5-2-8-21-13/h1-5,8-9,18H,6-7,10H2,(H,16,20)(H,17,19). The minimum Gasteiger partial charge on any atom is -0.392 e. The van der Waals surface area contributed by atoms with E-state index >= 15 is 0 Å². The van der Waals surface area contributed by atoms with Gasteiger partial charge >= 0.3 is 0 Å². The zero-order valence-corrected chi connectivity index (χ0v) is 12.2. The number of carbonyl (C=O) groups is 2. The van der Waals surface area contributed by atoms with Gasteiger partial charge in [0.2, 0.25) is 5.91 Å². The van der Waals surface area contributed by atoms with Crippen LogP contribution in [0.15, 0.2) is 41.8 Å². The number of anilines is 1. The second-order valence-corrected chi connectivity index (χ2v) is 5.34. The molecule has 0 aliphatic heterocycles. The Bertz CT molecular complexity index is 611. The number of carbonyl (C=O) groups excluding carboxylic acids is 2. The van der Waals surface area contributed by atoms with E-state index in [-0.39, 0.29) is 31.4 Å². The normalized spacial score (nSPS) is 10.1. The molecular weight excluding hydrogens is 288 g/mol. The first-order valence-electron chi connectivity index (χ1n) is 6.50.